The van der Waals surface area contributed by atoms with Gasteiger partial charge in [0.1, 0.15) is 6.17 Å². The van der Waals surface area contributed by atoms with E-state index in [1.807, 2.05) is 29.3 Å². The fraction of sp³-hybridized carbons (Fsp3) is 0.345. The summed E-state index contributed by atoms with van der Waals surface area (Å²) in [4.78, 5) is 40.9. The molecule has 0 saturated carbocycles. The average Bonchev–Trinajstić information content (AvgIpc) is 3.17. The van der Waals surface area contributed by atoms with Crippen molar-refractivity contribution in [2.24, 2.45) is 5.92 Å². The highest BCUT2D eigenvalue weighted by Crippen LogP contribution is 2.46. The molecule has 6 rings (SSSR count). The first-order chi connectivity index (χ1) is 20.3. The lowest BCUT2D eigenvalue weighted by molar-refractivity contribution is 0.0117. The minimum Gasteiger partial charge on any atom is -0.451 e. The summed E-state index contributed by atoms with van der Waals surface area (Å²) in [5.74, 6) is -3.11. The Balaban J connectivity index is 1.58. The van der Waals surface area contributed by atoms with E-state index in [-0.39, 0.29) is 29.3 Å². The molecule has 1 unspecified atom stereocenters. The Kier molecular flexibility index (Phi) is 7.52. The van der Waals surface area contributed by atoms with Crippen LogP contribution in [0, 0.1) is 17.6 Å². The smallest absolute Gasteiger partial charge is 0.451 e. The molecule has 0 radical (unpaired) electrons. The Morgan fingerprint density at radius 2 is 1.88 bits per heavy atom. The third-order valence-electron chi connectivity index (χ3n) is 7.84. The number of alkyl halides is 1. The van der Waals surface area contributed by atoms with E-state index in [4.69, 9.17) is 9.47 Å². The Morgan fingerprint density at radius 3 is 2.67 bits per heavy atom. The van der Waals surface area contributed by atoms with E-state index in [0.29, 0.717) is 18.4 Å². The van der Waals surface area contributed by atoms with Crippen LogP contribution in [0.1, 0.15) is 46.1 Å². The van der Waals surface area contributed by atoms with E-state index in [9.17, 15) is 23.2 Å². The Labute approximate surface area is 242 Å². The molecule has 2 aromatic carbocycles. The van der Waals surface area contributed by atoms with Gasteiger partial charge in [0, 0.05) is 40.9 Å². The van der Waals surface area contributed by atoms with Crippen molar-refractivity contribution in [2.75, 3.05) is 32.1 Å². The van der Waals surface area contributed by atoms with Gasteiger partial charge >= 0.3 is 6.16 Å². The molecule has 9 nitrogen and oxygen atoms in total. The normalized spacial score (nSPS) is 21.0. The van der Waals surface area contributed by atoms with Crippen LogP contribution in [-0.2, 0) is 15.2 Å². The zero-order valence-corrected chi connectivity index (χ0v) is 23.2. The predicted octanol–water partition coefficient (Wildman–Crippen LogP) is 4.74. The number of carbonyl (C=O) groups is 2. The number of fused-ring (bicyclic) bond motifs is 4. The highest BCUT2D eigenvalue weighted by Gasteiger charge is 2.47. The largest absolute Gasteiger partial charge is 0.510 e. The van der Waals surface area contributed by atoms with Gasteiger partial charge < -0.3 is 19.1 Å². The average molecular weight is 602 g/mol. The number of nitrogens with zero attached hydrogens (tertiary/aromatic N) is 3. The van der Waals surface area contributed by atoms with Crippen molar-refractivity contribution in [1.29, 1.82) is 0 Å². The lowest BCUT2D eigenvalue weighted by atomic mass is 9.90. The predicted molar refractivity (Wildman–Crippen MR) is 146 cm³/mol. The lowest BCUT2D eigenvalue weighted by Gasteiger charge is -2.53. The van der Waals surface area contributed by atoms with Gasteiger partial charge in [-0.1, -0.05) is 24.3 Å². The molecule has 1 amide bonds. The van der Waals surface area contributed by atoms with Gasteiger partial charge in [-0.05, 0) is 36.1 Å². The van der Waals surface area contributed by atoms with E-state index in [1.54, 1.807) is 6.07 Å². The van der Waals surface area contributed by atoms with Gasteiger partial charge in [0.05, 0.1) is 19.8 Å². The van der Waals surface area contributed by atoms with E-state index in [1.165, 1.54) is 33.6 Å². The second-order valence-electron chi connectivity index (χ2n) is 10.1. The van der Waals surface area contributed by atoms with Crippen molar-refractivity contribution < 1.29 is 37.0 Å². The summed E-state index contributed by atoms with van der Waals surface area (Å²) >= 11 is 1.37. The van der Waals surface area contributed by atoms with Crippen LogP contribution in [-0.4, -0.2) is 54.9 Å². The highest BCUT2D eigenvalue weighted by atomic mass is 32.2. The third kappa shape index (κ3) is 4.65. The maximum atomic E-state index is 15.3. The minimum absolute atomic E-state index is 0.0748. The van der Waals surface area contributed by atoms with Crippen LogP contribution in [0.15, 0.2) is 58.4 Å². The molecule has 1 fully saturated rings. The number of rotatable bonds is 5. The van der Waals surface area contributed by atoms with Crippen LogP contribution in [0.5, 0.6) is 5.75 Å². The number of piperidine rings is 1. The van der Waals surface area contributed by atoms with E-state index >= 15 is 4.39 Å². The minimum atomic E-state index is -1.05. The molecule has 1 saturated heterocycles. The van der Waals surface area contributed by atoms with Crippen LogP contribution >= 0.6 is 11.8 Å². The van der Waals surface area contributed by atoms with Crippen molar-refractivity contribution in [3.8, 4) is 5.75 Å². The summed E-state index contributed by atoms with van der Waals surface area (Å²) in [6, 6.07) is 10.6. The number of aromatic nitrogens is 1. The molecule has 3 aliphatic rings. The van der Waals surface area contributed by atoms with Crippen molar-refractivity contribution in [3.05, 3.63) is 92.9 Å². The maximum absolute atomic E-state index is 15.3. The summed E-state index contributed by atoms with van der Waals surface area (Å²) in [7, 11) is 1.11. The molecule has 1 aromatic heterocycles. The van der Waals surface area contributed by atoms with Crippen LogP contribution in [0.4, 0.5) is 18.0 Å². The van der Waals surface area contributed by atoms with Crippen molar-refractivity contribution in [1.82, 2.24) is 9.58 Å². The quantitative estimate of drug-likeness (QED) is 0.306. The SMILES string of the molecule is COC(=O)OCOc1c2n(ccc1=O)N([C@@H]1c3ccccc3SCc3c1ccc(F)c3F)[C@@H]1CCC(CF)CN1C2=O. The molecule has 42 heavy (non-hydrogen) atoms. The molecule has 0 aliphatic carbocycles. The zero-order chi connectivity index (χ0) is 29.5. The second kappa shape index (κ2) is 11.3. The van der Waals surface area contributed by atoms with E-state index in [2.05, 4.69) is 4.74 Å². The summed E-state index contributed by atoms with van der Waals surface area (Å²) in [6.07, 6.45) is 0.645. The van der Waals surface area contributed by atoms with Gasteiger partial charge in [0.15, 0.2) is 17.3 Å². The molecule has 3 aliphatic heterocycles. The second-order valence-corrected chi connectivity index (χ2v) is 11.2. The van der Waals surface area contributed by atoms with Crippen LogP contribution in [0.3, 0.4) is 0 Å². The Morgan fingerprint density at radius 1 is 1.07 bits per heavy atom. The number of hydrogen-bond acceptors (Lipinski definition) is 8. The fourth-order valence-electron chi connectivity index (χ4n) is 5.91. The van der Waals surface area contributed by atoms with E-state index < -0.39 is 60.7 Å². The molecule has 0 bridgehead atoms. The van der Waals surface area contributed by atoms with Crippen molar-refractivity contribution >= 4 is 23.8 Å². The van der Waals surface area contributed by atoms with Gasteiger partial charge in [-0.2, -0.15) is 0 Å². The number of hydrogen-bond donors (Lipinski definition) is 0. The van der Waals surface area contributed by atoms with Crippen molar-refractivity contribution in [3.63, 3.8) is 0 Å². The number of pyridine rings is 1. The van der Waals surface area contributed by atoms with Gasteiger partial charge in [-0.15, -0.1) is 11.8 Å². The number of methoxy groups -OCH3 is 1. The number of ether oxygens (including phenoxy) is 3. The fourth-order valence-corrected chi connectivity index (χ4v) is 7.02. The Hall–Kier alpha value is -4.13. The summed E-state index contributed by atoms with van der Waals surface area (Å²) < 4.78 is 60.0. The van der Waals surface area contributed by atoms with E-state index in [0.717, 1.165) is 23.6 Å². The summed E-state index contributed by atoms with van der Waals surface area (Å²) in [5, 5.41) is 1.85. The maximum Gasteiger partial charge on any atom is 0.510 e. The molecular formula is C29H26F3N3O6S. The zero-order valence-electron chi connectivity index (χ0n) is 22.4. The molecule has 4 heterocycles. The van der Waals surface area contributed by atoms with Gasteiger partial charge in [-0.3, -0.25) is 23.7 Å². The lowest BCUT2D eigenvalue weighted by Crippen LogP contribution is -2.65. The van der Waals surface area contributed by atoms with Crippen molar-refractivity contribution in [2.45, 2.75) is 35.7 Å². The van der Waals surface area contributed by atoms with Crippen LogP contribution in [0.25, 0.3) is 0 Å². The number of carbonyl (C=O) groups excluding carboxylic acids is 2. The molecule has 3 atom stereocenters. The van der Waals surface area contributed by atoms with Gasteiger partial charge in [0.2, 0.25) is 18.0 Å². The first-order valence-corrected chi connectivity index (χ1v) is 14.3. The molecule has 3 aromatic rings. The Bertz CT molecular complexity index is 1620. The molecule has 0 N–H and O–H groups in total. The number of benzene rings is 2. The molecule has 13 heteroatoms. The monoisotopic (exact) mass is 601 g/mol. The number of thioether (sulfide) groups is 1. The topological polar surface area (TPSA) is 90.3 Å². The molecule has 220 valence electrons. The van der Waals surface area contributed by atoms with Gasteiger partial charge in [0.25, 0.3) is 5.91 Å². The standard InChI is InChI=1S/C29H26F3N3O6S/c1-39-29(38)41-15-40-27-21(36)10-11-34-26(27)28(37)33-13-16(12-30)6-9-23(33)35(34)25-17-7-8-20(31)24(32)19(17)14-42-22-5-3-2-4-18(22)25/h2-5,7-8,10-11,16,23,25H,6,9,12-15H2,1H3/t16?,23-,25+/m1/s1. The first-order valence-electron chi connectivity index (χ1n) is 13.3. The molecular weight excluding hydrogens is 575 g/mol. The van der Waals surface area contributed by atoms with Crippen LogP contribution in [0.2, 0.25) is 0 Å². The summed E-state index contributed by atoms with van der Waals surface area (Å²) in [6.45, 7) is -1.27. The molecule has 0 spiro atoms. The van der Waals surface area contributed by atoms with Crippen LogP contribution < -0.4 is 15.2 Å². The first kappa shape index (κ1) is 28.0. The number of amides is 1. The highest BCUT2D eigenvalue weighted by molar-refractivity contribution is 7.98. The third-order valence-corrected chi connectivity index (χ3v) is 8.96. The number of halogens is 3. The summed E-state index contributed by atoms with van der Waals surface area (Å²) in [5.41, 5.74) is 0.661. The van der Waals surface area contributed by atoms with Gasteiger partial charge in [-0.25, -0.2) is 13.6 Å².